The molecule has 0 fully saturated rings. The highest BCUT2D eigenvalue weighted by Gasteiger charge is 2.25. The summed E-state index contributed by atoms with van der Waals surface area (Å²) in [4.78, 5) is 28.0. The van der Waals surface area contributed by atoms with E-state index in [1.807, 2.05) is 0 Å². The number of ether oxygens (including phenoxy) is 2. The van der Waals surface area contributed by atoms with Gasteiger partial charge in [0.1, 0.15) is 11.5 Å². The summed E-state index contributed by atoms with van der Waals surface area (Å²) in [7, 11) is 0. The molecule has 4 nitrogen and oxygen atoms in total. The topological polar surface area (TPSA) is 52.6 Å². The molecule has 0 spiro atoms. The fraction of sp³-hybridized carbons (Fsp3) is 0.559. The molecule has 0 saturated heterocycles. The van der Waals surface area contributed by atoms with Crippen LogP contribution in [0.1, 0.15) is 232 Å². The minimum absolute atomic E-state index is 0.158. The molecule has 0 aliphatic rings. The average Bonchev–Trinajstić information content (AvgIpc) is 3.40. The van der Waals surface area contributed by atoms with Gasteiger partial charge in [0.05, 0.1) is 0 Å². The number of fused-ring (bicyclic) bond motifs is 4. The van der Waals surface area contributed by atoms with Gasteiger partial charge in [-0.2, -0.15) is 0 Å². The third kappa shape index (κ3) is 16.1. The van der Waals surface area contributed by atoms with Crippen molar-refractivity contribution in [1.29, 1.82) is 0 Å². The molecule has 390 valence electrons. The third-order valence-electron chi connectivity index (χ3n) is 15.9. The molecule has 6 aromatic rings. The molecule has 2 unspecified atom stereocenters. The second-order valence-electron chi connectivity index (χ2n) is 21.6. The molecule has 0 heterocycles. The summed E-state index contributed by atoms with van der Waals surface area (Å²) in [6, 6.07) is 31.1. The fourth-order valence-electron chi connectivity index (χ4n) is 11.4. The second-order valence-corrected chi connectivity index (χ2v) is 21.6. The van der Waals surface area contributed by atoms with E-state index < -0.39 is 0 Å². The predicted octanol–water partition coefficient (Wildman–Crippen LogP) is 21.1. The molecule has 2 atom stereocenters. The Labute approximate surface area is 436 Å². The molecular formula is C68H94O4. The van der Waals surface area contributed by atoms with Crippen LogP contribution in [0.15, 0.2) is 84.9 Å². The Balaban J connectivity index is 1.48. The zero-order valence-corrected chi connectivity index (χ0v) is 46.1. The van der Waals surface area contributed by atoms with Crippen molar-refractivity contribution >= 4 is 55.0 Å². The van der Waals surface area contributed by atoms with Crippen LogP contribution < -0.4 is 9.47 Å². The van der Waals surface area contributed by atoms with Gasteiger partial charge in [-0.05, 0) is 81.3 Å². The average molecular weight is 975 g/mol. The van der Waals surface area contributed by atoms with Crippen LogP contribution in [0, 0.1) is 11.8 Å². The lowest BCUT2D eigenvalue weighted by Gasteiger charge is -2.23. The summed E-state index contributed by atoms with van der Waals surface area (Å²) in [6.07, 6.45) is 34.0. The quantitative estimate of drug-likeness (QED) is 0.0172. The summed E-state index contributed by atoms with van der Waals surface area (Å²) in [5.74, 6) is 2.19. The van der Waals surface area contributed by atoms with Gasteiger partial charge in [0.15, 0.2) is 0 Å². The van der Waals surface area contributed by atoms with Crippen molar-refractivity contribution in [1.82, 2.24) is 0 Å². The molecule has 0 saturated carbocycles. The summed E-state index contributed by atoms with van der Waals surface area (Å²) in [5, 5.41) is 8.14. The monoisotopic (exact) mass is 975 g/mol. The third-order valence-corrected chi connectivity index (χ3v) is 15.9. The molecule has 6 rings (SSSR count). The molecule has 0 bridgehead atoms. The summed E-state index contributed by atoms with van der Waals surface area (Å²) in [6.45, 7) is 13.8. The zero-order valence-electron chi connectivity index (χ0n) is 46.1. The number of carbonyl (C=O) groups is 2. The maximum atomic E-state index is 14.0. The van der Waals surface area contributed by atoms with Crippen LogP contribution in [0.2, 0.25) is 0 Å². The lowest BCUT2D eigenvalue weighted by atomic mass is 9.83. The Bertz CT molecular complexity index is 2410. The number of benzene rings is 6. The normalized spacial score (nSPS) is 12.6. The van der Waals surface area contributed by atoms with Crippen LogP contribution in [0.25, 0.3) is 54.2 Å². The second kappa shape index (κ2) is 31.1. The maximum Gasteiger partial charge on any atom is 0.311 e. The van der Waals surface area contributed by atoms with E-state index in [4.69, 9.17) is 9.47 Å². The van der Waals surface area contributed by atoms with Crippen molar-refractivity contribution in [2.75, 3.05) is 0 Å². The van der Waals surface area contributed by atoms with E-state index >= 15 is 0 Å². The van der Waals surface area contributed by atoms with Crippen LogP contribution in [0.3, 0.4) is 0 Å². The van der Waals surface area contributed by atoms with Gasteiger partial charge in [0.2, 0.25) is 0 Å². The molecule has 6 aromatic carbocycles. The van der Waals surface area contributed by atoms with E-state index in [0.29, 0.717) is 36.2 Å². The van der Waals surface area contributed by atoms with Crippen LogP contribution in [-0.2, 0) is 22.4 Å². The van der Waals surface area contributed by atoms with E-state index in [1.54, 1.807) is 0 Å². The Morgan fingerprint density at radius 1 is 0.361 bits per heavy atom. The predicted molar refractivity (Wildman–Crippen MR) is 311 cm³/mol. The SMILES string of the molecule is CCCCCCCCCCCC(=O)Oc1c2ccccc2c(-c2c3ccccc3c(OC(=O)CCCCCCCCCCC)c3ccc(CC(CC)CCCC)cc23)c2cc(CC(CC)CCCC)ccc12. The number of hydrogen-bond acceptors (Lipinski definition) is 4. The van der Waals surface area contributed by atoms with Gasteiger partial charge < -0.3 is 9.47 Å². The largest absolute Gasteiger partial charge is 0.425 e. The molecule has 0 radical (unpaired) electrons. The van der Waals surface area contributed by atoms with E-state index in [9.17, 15) is 9.59 Å². The maximum absolute atomic E-state index is 14.0. The number of esters is 2. The number of carbonyl (C=O) groups excluding carboxylic acids is 2. The van der Waals surface area contributed by atoms with E-state index in [1.165, 1.54) is 140 Å². The Hall–Kier alpha value is -4.70. The summed E-state index contributed by atoms with van der Waals surface area (Å²) < 4.78 is 13.2. The molecule has 0 aromatic heterocycles. The van der Waals surface area contributed by atoms with Gasteiger partial charge in [-0.1, -0.05) is 281 Å². The van der Waals surface area contributed by atoms with Gasteiger partial charge in [0, 0.05) is 34.4 Å². The minimum Gasteiger partial charge on any atom is -0.425 e. The van der Waals surface area contributed by atoms with Crippen molar-refractivity contribution in [3.63, 3.8) is 0 Å². The minimum atomic E-state index is -0.158. The first-order valence-electron chi connectivity index (χ1n) is 29.7. The van der Waals surface area contributed by atoms with Crippen LogP contribution in [-0.4, -0.2) is 11.9 Å². The van der Waals surface area contributed by atoms with Gasteiger partial charge in [-0.3, -0.25) is 9.59 Å². The summed E-state index contributed by atoms with van der Waals surface area (Å²) >= 11 is 0. The van der Waals surface area contributed by atoms with Crippen molar-refractivity contribution in [2.45, 2.75) is 234 Å². The van der Waals surface area contributed by atoms with Gasteiger partial charge in [-0.15, -0.1) is 0 Å². The molecule has 0 aliphatic heterocycles. The molecule has 72 heavy (non-hydrogen) atoms. The van der Waals surface area contributed by atoms with Crippen LogP contribution in [0.5, 0.6) is 11.5 Å². The van der Waals surface area contributed by atoms with Gasteiger partial charge in [0.25, 0.3) is 0 Å². The standard InChI is InChI=1S/C68H94O4/c1-7-13-17-19-21-23-25-27-29-41-63(69)71-67-57-39-33-31-37-55(57)65(61-49-53(43-45-59(61)67)47-51(11-5)35-15-9-3)66-56-38-32-34-40-58(56)68(72-64(70)42-30-28-26-24-22-20-18-14-8-2)60-46-44-54(50-62(60)66)48-52(12-6)36-16-10-4/h31-34,37-40,43-46,49-52H,7-30,35-36,41-42,47-48H2,1-6H3. The Morgan fingerprint density at radius 3 is 1.03 bits per heavy atom. The van der Waals surface area contributed by atoms with Gasteiger partial charge in [-0.25, -0.2) is 0 Å². The highest BCUT2D eigenvalue weighted by Crippen LogP contribution is 2.51. The Kier molecular flexibility index (Phi) is 24.5. The van der Waals surface area contributed by atoms with E-state index in [0.717, 1.165) is 106 Å². The van der Waals surface area contributed by atoms with Crippen molar-refractivity contribution < 1.29 is 19.1 Å². The molecule has 0 N–H and O–H groups in total. The van der Waals surface area contributed by atoms with E-state index in [2.05, 4.69) is 126 Å². The molecule has 4 heteroatoms. The highest BCUT2D eigenvalue weighted by molar-refractivity contribution is 6.27. The lowest BCUT2D eigenvalue weighted by Crippen LogP contribution is -2.10. The first-order chi connectivity index (χ1) is 35.3. The van der Waals surface area contributed by atoms with Gasteiger partial charge >= 0.3 is 11.9 Å². The van der Waals surface area contributed by atoms with Crippen LogP contribution in [0.4, 0.5) is 0 Å². The van der Waals surface area contributed by atoms with Crippen LogP contribution >= 0.6 is 0 Å². The molecule has 0 aliphatic carbocycles. The van der Waals surface area contributed by atoms with E-state index in [-0.39, 0.29) is 11.9 Å². The first kappa shape index (κ1) is 56.6. The Morgan fingerprint density at radius 2 is 0.681 bits per heavy atom. The highest BCUT2D eigenvalue weighted by atomic mass is 16.5. The number of hydrogen-bond donors (Lipinski definition) is 0. The number of rotatable bonds is 35. The lowest BCUT2D eigenvalue weighted by molar-refractivity contribution is -0.135. The molecule has 0 amide bonds. The smallest absolute Gasteiger partial charge is 0.311 e. The number of unbranched alkanes of at least 4 members (excludes halogenated alkanes) is 18. The first-order valence-corrected chi connectivity index (χ1v) is 29.7. The zero-order chi connectivity index (χ0) is 50.9. The summed E-state index contributed by atoms with van der Waals surface area (Å²) in [5.41, 5.74) is 4.91. The van der Waals surface area contributed by atoms with Crippen molar-refractivity contribution in [3.05, 3.63) is 96.1 Å². The van der Waals surface area contributed by atoms with Crippen molar-refractivity contribution in [2.24, 2.45) is 11.8 Å². The van der Waals surface area contributed by atoms with Crippen molar-refractivity contribution in [3.8, 4) is 22.6 Å². The fourth-order valence-corrected chi connectivity index (χ4v) is 11.4. The molecular weight excluding hydrogens is 881 g/mol.